The Kier molecular flexibility index (Phi) is 4.27. The van der Waals surface area contributed by atoms with Crippen LogP contribution in [0.15, 0.2) is 18.6 Å². The maximum Gasteiger partial charge on any atom is 0.257 e. The number of nitrogens with one attached hydrogen (secondary N) is 1. The summed E-state index contributed by atoms with van der Waals surface area (Å²) in [6.45, 7) is 5.27. The maximum atomic E-state index is 12.7. The van der Waals surface area contributed by atoms with Gasteiger partial charge in [-0.15, -0.1) is 0 Å². The van der Waals surface area contributed by atoms with Crippen molar-refractivity contribution in [1.29, 1.82) is 0 Å². The molecule has 0 spiro atoms. The summed E-state index contributed by atoms with van der Waals surface area (Å²) in [7, 11) is 2.05. The lowest BCUT2D eigenvalue weighted by Crippen LogP contribution is -2.46. The van der Waals surface area contributed by atoms with Gasteiger partial charge in [-0.2, -0.15) is 5.10 Å². The highest BCUT2D eigenvalue weighted by Crippen LogP contribution is 2.22. The number of nitrogens with zero attached hydrogens (tertiary/aromatic N) is 5. The lowest BCUT2D eigenvalue weighted by molar-refractivity contribution is 0.0712. The summed E-state index contributed by atoms with van der Waals surface area (Å²) < 4.78 is 0. The van der Waals surface area contributed by atoms with Crippen LogP contribution in [0.5, 0.6) is 0 Å². The molecule has 1 amide bonds. The molecular weight excluding hydrogens is 292 g/mol. The van der Waals surface area contributed by atoms with Crippen LogP contribution in [0.3, 0.4) is 0 Å². The summed E-state index contributed by atoms with van der Waals surface area (Å²) in [6.07, 6.45) is 5.18. The SMILES string of the molecule is Cc1n[nH]c(C)c1C(=O)N1CCC(N(C)c2ccncn2)CC1. The van der Waals surface area contributed by atoms with Gasteiger partial charge in [0, 0.05) is 38.1 Å². The van der Waals surface area contributed by atoms with Crippen LogP contribution in [0.25, 0.3) is 0 Å². The fourth-order valence-corrected chi connectivity index (χ4v) is 3.16. The number of aryl methyl sites for hydroxylation is 2. The molecule has 0 aromatic carbocycles. The van der Waals surface area contributed by atoms with Gasteiger partial charge in [-0.3, -0.25) is 9.89 Å². The predicted molar refractivity (Wildman–Crippen MR) is 87.4 cm³/mol. The molecule has 7 heteroatoms. The zero-order valence-corrected chi connectivity index (χ0v) is 13.8. The third kappa shape index (κ3) is 3.04. The minimum absolute atomic E-state index is 0.0805. The summed E-state index contributed by atoms with van der Waals surface area (Å²) >= 11 is 0. The Morgan fingerprint density at radius 3 is 2.65 bits per heavy atom. The van der Waals surface area contributed by atoms with Gasteiger partial charge in [0.1, 0.15) is 12.1 Å². The molecule has 23 heavy (non-hydrogen) atoms. The normalized spacial score (nSPS) is 15.7. The number of piperidine rings is 1. The van der Waals surface area contributed by atoms with Gasteiger partial charge >= 0.3 is 0 Å². The average molecular weight is 314 g/mol. The van der Waals surface area contributed by atoms with E-state index in [9.17, 15) is 4.79 Å². The fraction of sp³-hybridized carbons (Fsp3) is 0.500. The number of anilines is 1. The summed E-state index contributed by atoms with van der Waals surface area (Å²) in [5.41, 5.74) is 2.33. The molecule has 1 fully saturated rings. The molecular formula is C16H22N6O. The van der Waals surface area contributed by atoms with E-state index in [1.54, 1.807) is 12.5 Å². The van der Waals surface area contributed by atoms with Crippen LogP contribution in [0, 0.1) is 13.8 Å². The Morgan fingerprint density at radius 2 is 2.09 bits per heavy atom. The second-order valence-electron chi connectivity index (χ2n) is 6.01. The molecule has 0 radical (unpaired) electrons. The minimum atomic E-state index is 0.0805. The van der Waals surface area contributed by atoms with E-state index >= 15 is 0 Å². The molecule has 1 aliphatic heterocycles. The molecule has 0 unspecified atom stereocenters. The predicted octanol–water partition coefficient (Wildman–Crippen LogP) is 1.56. The van der Waals surface area contributed by atoms with E-state index in [1.165, 1.54) is 0 Å². The van der Waals surface area contributed by atoms with Crippen LogP contribution in [0.4, 0.5) is 5.82 Å². The van der Waals surface area contributed by atoms with E-state index < -0.39 is 0 Å². The van der Waals surface area contributed by atoms with E-state index in [0.717, 1.165) is 43.1 Å². The quantitative estimate of drug-likeness (QED) is 0.930. The Bertz CT molecular complexity index is 656. The summed E-state index contributed by atoms with van der Waals surface area (Å²) in [5.74, 6) is 1.00. The van der Waals surface area contributed by atoms with Gasteiger partial charge in [0.15, 0.2) is 0 Å². The van der Waals surface area contributed by atoms with Crippen LogP contribution in [0.1, 0.15) is 34.6 Å². The third-order valence-electron chi connectivity index (χ3n) is 4.57. The lowest BCUT2D eigenvalue weighted by atomic mass is 10.0. The van der Waals surface area contributed by atoms with E-state index in [2.05, 4.69) is 32.1 Å². The molecule has 3 rings (SSSR count). The van der Waals surface area contributed by atoms with Gasteiger partial charge in [-0.05, 0) is 32.8 Å². The first-order valence-corrected chi connectivity index (χ1v) is 7.87. The molecule has 3 heterocycles. The van der Waals surface area contributed by atoms with Crippen molar-refractivity contribution >= 4 is 11.7 Å². The van der Waals surface area contributed by atoms with Crippen molar-refractivity contribution in [3.63, 3.8) is 0 Å². The standard InChI is InChI=1S/C16H22N6O/c1-11-15(12(2)20-19-11)16(23)22-8-5-13(6-9-22)21(3)14-4-7-17-10-18-14/h4,7,10,13H,5-6,8-9H2,1-3H3,(H,19,20). The number of H-pyrrole nitrogens is 1. The molecule has 0 bridgehead atoms. The first-order chi connectivity index (χ1) is 11.1. The second-order valence-corrected chi connectivity index (χ2v) is 6.01. The number of rotatable bonds is 3. The van der Waals surface area contributed by atoms with Gasteiger partial charge in [0.25, 0.3) is 5.91 Å². The number of hydrogen-bond acceptors (Lipinski definition) is 5. The van der Waals surface area contributed by atoms with Gasteiger partial charge in [0.2, 0.25) is 0 Å². The van der Waals surface area contributed by atoms with Gasteiger partial charge < -0.3 is 9.80 Å². The highest BCUT2D eigenvalue weighted by Gasteiger charge is 2.28. The van der Waals surface area contributed by atoms with Crippen molar-refractivity contribution in [1.82, 2.24) is 25.1 Å². The molecule has 0 aliphatic carbocycles. The van der Waals surface area contributed by atoms with Gasteiger partial charge in [-0.1, -0.05) is 0 Å². The maximum absolute atomic E-state index is 12.7. The highest BCUT2D eigenvalue weighted by molar-refractivity contribution is 5.96. The number of carbonyl (C=O) groups excluding carboxylic acids is 1. The van der Waals surface area contributed by atoms with Crippen molar-refractivity contribution in [2.24, 2.45) is 0 Å². The number of amides is 1. The van der Waals surface area contributed by atoms with E-state index in [1.807, 2.05) is 24.8 Å². The van der Waals surface area contributed by atoms with Crippen LogP contribution in [0.2, 0.25) is 0 Å². The Hall–Kier alpha value is -2.44. The Morgan fingerprint density at radius 1 is 1.35 bits per heavy atom. The van der Waals surface area contributed by atoms with Crippen molar-refractivity contribution in [3.05, 3.63) is 35.5 Å². The first-order valence-electron chi connectivity index (χ1n) is 7.87. The smallest absolute Gasteiger partial charge is 0.257 e. The number of carbonyl (C=O) groups is 1. The topological polar surface area (TPSA) is 78.0 Å². The van der Waals surface area contributed by atoms with E-state index in [4.69, 9.17) is 0 Å². The van der Waals surface area contributed by atoms with Crippen LogP contribution in [-0.2, 0) is 0 Å². The molecule has 2 aromatic rings. The summed E-state index contributed by atoms with van der Waals surface area (Å²) in [6, 6.07) is 2.30. The van der Waals surface area contributed by atoms with E-state index in [0.29, 0.717) is 11.6 Å². The van der Waals surface area contributed by atoms with Crippen LogP contribution < -0.4 is 4.90 Å². The monoisotopic (exact) mass is 314 g/mol. The molecule has 1 saturated heterocycles. The average Bonchev–Trinajstić information content (AvgIpc) is 2.93. The van der Waals surface area contributed by atoms with Crippen LogP contribution in [-0.4, -0.2) is 57.2 Å². The fourth-order valence-electron chi connectivity index (χ4n) is 3.16. The minimum Gasteiger partial charge on any atom is -0.356 e. The first kappa shape index (κ1) is 15.5. The van der Waals surface area contributed by atoms with Gasteiger partial charge in [0.05, 0.1) is 11.3 Å². The van der Waals surface area contributed by atoms with E-state index in [-0.39, 0.29) is 5.91 Å². The molecule has 122 valence electrons. The largest absolute Gasteiger partial charge is 0.356 e. The number of aromatic nitrogens is 4. The molecule has 1 N–H and O–H groups in total. The third-order valence-corrected chi connectivity index (χ3v) is 4.57. The molecule has 0 atom stereocenters. The summed E-state index contributed by atoms with van der Waals surface area (Å²) in [5, 5.41) is 7.01. The zero-order valence-electron chi connectivity index (χ0n) is 13.8. The Labute approximate surface area is 135 Å². The zero-order chi connectivity index (χ0) is 16.4. The lowest BCUT2D eigenvalue weighted by Gasteiger charge is -2.37. The second kappa shape index (κ2) is 6.36. The number of likely N-dealkylation sites (tertiary alicyclic amines) is 1. The molecule has 1 aliphatic rings. The van der Waals surface area contributed by atoms with Crippen molar-refractivity contribution < 1.29 is 4.79 Å². The molecule has 7 nitrogen and oxygen atoms in total. The summed E-state index contributed by atoms with van der Waals surface area (Å²) in [4.78, 5) is 25.0. The van der Waals surface area contributed by atoms with Crippen LogP contribution >= 0.6 is 0 Å². The molecule has 0 saturated carbocycles. The Balaban J connectivity index is 1.64. The van der Waals surface area contributed by atoms with Gasteiger partial charge in [-0.25, -0.2) is 9.97 Å². The van der Waals surface area contributed by atoms with Crippen molar-refractivity contribution in [2.45, 2.75) is 32.7 Å². The molecule has 2 aromatic heterocycles. The number of aromatic amines is 1. The highest BCUT2D eigenvalue weighted by atomic mass is 16.2. The van der Waals surface area contributed by atoms with Crippen molar-refractivity contribution in [2.75, 3.05) is 25.0 Å². The number of hydrogen-bond donors (Lipinski definition) is 1. The van der Waals surface area contributed by atoms with Crippen molar-refractivity contribution in [3.8, 4) is 0 Å².